The van der Waals surface area contributed by atoms with E-state index in [1.165, 1.54) is 31.3 Å². The van der Waals surface area contributed by atoms with Crippen LogP contribution in [0.5, 0.6) is 0 Å². The van der Waals surface area contributed by atoms with Gasteiger partial charge in [0.05, 0.1) is 5.71 Å². The number of hydrogen-bond donors (Lipinski definition) is 1. The summed E-state index contributed by atoms with van der Waals surface area (Å²) >= 11 is 0. The van der Waals surface area contributed by atoms with Gasteiger partial charge in [0.15, 0.2) is 0 Å². The van der Waals surface area contributed by atoms with Gasteiger partial charge in [0.2, 0.25) is 6.61 Å². The Morgan fingerprint density at radius 2 is 1.93 bits per heavy atom. The fourth-order valence-electron chi connectivity index (χ4n) is 7.48. The van der Waals surface area contributed by atoms with E-state index < -0.39 is 5.97 Å². The van der Waals surface area contributed by atoms with Crippen molar-refractivity contribution in [1.82, 2.24) is 0 Å². The first-order valence-electron chi connectivity index (χ1n) is 10.9. The minimum atomic E-state index is -0.996. The SMILES string of the molecule is CC(=O)[C@@H]1CC[C@@H]2[C@H]3CCC4=CC(=NOCC(=O)O)CC[C@]4(C)[C@@H]3CC[C@@]21C. The van der Waals surface area contributed by atoms with Gasteiger partial charge in [-0.25, -0.2) is 4.79 Å². The van der Waals surface area contributed by atoms with E-state index in [0.29, 0.717) is 17.6 Å². The molecule has 0 heterocycles. The second-order valence-corrected chi connectivity index (χ2v) is 10.0. The van der Waals surface area contributed by atoms with Gasteiger partial charge < -0.3 is 9.94 Å². The summed E-state index contributed by atoms with van der Waals surface area (Å²) in [6.45, 7) is 6.24. The Balaban J connectivity index is 1.55. The Morgan fingerprint density at radius 1 is 1.14 bits per heavy atom. The molecule has 1 N–H and O–H groups in total. The number of rotatable bonds is 4. The van der Waals surface area contributed by atoms with Crippen LogP contribution in [0, 0.1) is 34.5 Å². The lowest BCUT2D eigenvalue weighted by molar-refractivity contribution is -0.142. The number of nitrogens with zero attached hydrogens (tertiary/aromatic N) is 1. The average Bonchev–Trinajstić information content (AvgIpc) is 2.99. The predicted molar refractivity (Wildman–Crippen MR) is 107 cm³/mol. The molecule has 0 radical (unpaired) electrons. The smallest absolute Gasteiger partial charge is 0.344 e. The monoisotopic (exact) mass is 387 g/mol. The molecule has 28 heavy (non-hydrogen) atoms. The molecule has 0 spiro atoms. The zero-order valence-electron chi connectivity index (χ0n) is 17.4. The minimum Gasteiger partial charge on any atom is -0.479 e. The number of Topliss-reactive ketones (excluding diaryl/α,β-unsaturated/α-hetero) is 1. The van der Waals surface area contributed by atoms with Gasteiger partial charge in [-0.2, -0.15) is 0 Å². The highest BCUT2D eigenvalue weighted by Crippen LogP contribution is 2.66. The van der Waals surface area contributed by atoms with Crippen LogP contribution in [0.25, 0.3) is 0 Å². The average molecular weight is 388 g/mol. The van der Waals surface area contributed by atoms with Gasteiger partial charge in [-0.1, -0.05) is 24.6 Å². The molecule has 6 atom stereocenters. The molecular weight excluding hydrogens is 354 g/mol. The molecule has 4 rings (SSSR count). The first-order chi connectivity index (χ1) is 13.3. The third-order valence-electron chi connectivity index (χ3n) is 8.84. The molecule has 0 saturated heterocycles. The highest BCUT2D eigenvalue weighted by Gasteiger charge is 2.59. The lowest BCUT2D eigenvalue weighted by Gasteiger charge is -2.58. The standard InChI is InChI=1S/C23H33NO4/c1-14(25)18-6-7-19-17-5-4-15-12-16(24-28-13-21(26)27)8-10-22(15,2)20(17)9-11-23(18,19)3/h12,17-20H,4-11,13H2,1-3H3,(H,26,27)/t17-,18+,19-,20-,22+,23-/m1/s1. The van der Waals surface area contributed by atoms with Crippen molar-refractivity contribution in [2.45, 2.75) is 72.1 Å². The summed E-state index contributed by atoms with van der Waals surface area (Å²) in [5.74, 6) is 1.77. The van der Waals surface area contributed by atoms with Crippen molar-refractivity contribution >= 4 is 17.5 Å². The zero-order valence-corrected chi connectivity index (χ0v) is 17.4. The summed E-state index contributed by atoms with van der Waals surface area (Å²) in [7, 11) is 0. The Kier molecular flexibility index (Phi) is 4.91. The highest BCUT2D eigenvalue weighted by molar-refractivity contribution is 5.96. The maximum atomic E-state index is 12.3. The zero-order chi connectivity index (χ0) is 20.1. The van der Waals surface area contributed by atoms with Gasteiger partial charge in [-0.15, -0.1) is 0 Å². The summed E-state index contributed by atoms with van der Waals surface area (Å²) in [6.07, 6.45) is 11.1. The number of allylic oxidation sites excluding steroid dienone is 2. The Morgan fingerprint density at radius 3 is 2.64 bits per heavy atom. The van der Waals surface area contributed by atoms with Crippen LogP contribution in [0.4, 0.5) is 0 Å². The summed E-state index contributed by atoms with van der Waals surface area (Å²) in [5.41, 5.74) is 2.77. The number of hydrogen-bond acceptors (Lipinski definition) is 4. The Hall–Kier alpha value is -1.65. The van der Waals surface area contributed by atoms with E-state index in [1.807, 2.05) is 0 Å². The maximum Gasteiger partial charge on any atom is 0.344 e. The van der Waals surface area contributed by atoms with Crippen molar-refractivity contribution < 1.29 is 19.5 Å². The van der Waals surface area contributed by atoms with E-state index in [-0.39, 0.29) is 23.4 Å². The first-order valence-corrected chi connectivity index (χ1v) is 10.9. The summed E-state index contributed by atoms with van der Waals surface area (Å²) in [4.78, 5) is 27.8. The Labute approximate surface area is 167 Å². The van der Waals surface area contributed by atoms with Crippen LogP contribution in [0.3, 0.4) is 0 Å². The number of carboxylic acids is 1. The number of carbonyl (C=O) groups is 2. The lowest BCUT2D eigenvalue weighted by Crippen LogP contribution is -2.51. The summed E-state index contributed by atoms with van der Waals surface area (Å²) in [6, 6.07) is 0. The van der Waals surface area contributed by atoms with Gasteiger partial charge in [0.1, 0.15) is 5.78 Å². The van der Waals surface area contributed by atoms with Crippen molar-refractivity contribution in [3.63, 3.8) is 0 Å². The van der Waals surface area contributed by atoms with Crippen LogP contribution < -0.4 is 0 Å². The molecule has 3 fully saturated rings. The van der Waals surface area contributed by atoms with E-state index >= 15 is 0 Å². The van der Waals surface area contributed by atoms with E-state index in [9.17, 15) is 9.59 Å². The van der Waals surface area contributed by atoms with Crippen molar-refractivity contribution in [2.75, 3.05) is 6.61 Å². The molecule has 154 valence electrons. The third-order valence-corrected chi connectivity index (χ3v) is 8.84. The molecular formula is C23H33NO4. The fourth-order valence-corrected chi connectivity index (χ4v) is 7.48. The number of carboxylic acid groups (broad SMARTS) is 1. The molecule has 5 heteroatoms. The van der Waals surface area contributed by atoms with Gasteiger partial charge in [-0.05, 0) is 93.0 Å². The molecule has 5 nitrogen and oxygen atoms in total. The largest absolute Gasteiger partial charge is 0.479 e. The summed E-state index contributed by atoms with van der Waals surface area (Å²) in [5, 5.41) is 12.8. The number of fused-ring (bicyclic) bond motifs is 5. The molecule has 4 aliphatic carbocycles. The molecule has 4 aliphatic rings. The van der Waals surface area contributed by atoms with Crippen molar-refractivity contribution in [2.24, 2.45) is 39.7 Å². The van der Waals surface area contributed by atoms with Crippen LogP contribution in [0.1, 0.15) is 72.1 Å². The summed E-state index contributed by atoms with van der Waals surface area (Å²) < 4.78 is 0. The molecule has 0 bridgehead atoms. The minimum absolute atomic E-state index is 0.205. The topological polar surface area (TPSA) is 76.0 Å². The van der Waals surface area contributed by atoms with Crippen LogP contribution in [0.2, 0.25) is 0 Å². The first kappa shape index (κ1) is 19.7. The number of oxime groups is 1. The molecule has 0 aliphatic heterocycles. The molecule has 0 aromatic carbocycles. The second kappa shape index (κ2) is 7.00. The van der Waals surface area contributed by atoms with Crippen molar-refractivity contribution in [3.05, 3.63) is 11.6 Å². The van der Waals surface area contributed by atoms with E-state index in [2.05, 4.69) is 25.1 Å². The molecule has 0 aromatic heterocycles. The third kappa shape index (κ3) is 3.02. The predicted octanol–water partition coefficient (Wildman–Crippen LogP) is 4.61. The van der Waals surface area contributed by atoms with E-state index in [0.717, 1.165) is 37.3 Å². The fraction of sp³-hybridized carbons (Fsp3) is 0.783. The van der Waals surface area contributed by atoms with E-state index in [4.69, 9.17) is 9.94 Å². The molecule has 3 saturated carbocycles. The van der Waals surface area contributed by atoms with Crippen LogP contribution in [-0.2, 0) is 14.4 Å². The molecule has 0 unspecified atom stereocenters. The van der Waals surface area contributed by atoms with Crippen molar-refractivity contribution in [3.8, 4) is 0 Å². The van der Waals surface area contributed by atoms with Gasteiger partial charge in [-0.3, -0.25) is 4.79 Å². The maximum absolute atomic E-state index is 12.3. The van der Waals surface area contributed by atoms with Crippen molar-refractivity contribution in [1.29, 1.82) is 0 Å². The van der Waals surface area contributed by atoms with E-state index in [1.54, 1.807) is 6.92 Å². The number of ketones is 1. The lowest BCUT2D eigenvalue weighted by atomic mass is 9.46. The van der Waals surface area contributed by atoms with Gasteiger partial charge in [0, 0.05) is 5.92 Å². The van der Waals surface area contributed by atoms with Crippen LogP contribution in [-0.4, -0.2) is 29.2 Å². The quantitative estimate of drug-likeness (QED) is 0.715. The number of aliphatic carboxylic acids is 1. The van der Waals surface area contributed by atoms with Crippen LogP contribution >= 0.6 is 0 Å². The van der Waals surface area contributed by atoms with Gasteiger partial charge >= 0.3 is 5.97 Å². The molecule has 0 amide bonds. The molecule has 0 aromatic rings. The normalized spacial score (nSPS) is 43.5. The van der Waals surface area contributed by atoms with Gasteiger partial charge in [0.25, 0.3) is 0 Å². The highest BCUT2D eigenvalue weighted by atomic mass is 16.6. The Bertz CT molecular complexity index is 741. The second-order valence-electron chi connectivity index (χ2n) is 10.0. The number of carbonyl (C=O) groups excluding carboxylic acids is 1. The van der Waals surface area contributed by atoms with Crippen LogP contribution in [0.15, 0.2) is 16.8 Å².